The van der Waals surface area contributed by atoms with Gasteiger partial charge in [-0.2, -0.15) is 11.8 Å². The fourth-order valence-corrected chi connectivity index (χ4v) is 12.2. The maximum atomic E-state index is 17.8. The summed E-state index contributed by atoms with van der Waals surface area (Å²) in [5.74, 6) is -5.91. The Morgan fingerprint density at radius 1 is 0.957 bits per heavy atom. The average Bonchev–Trinajstić information content (AvgIpc) is 3.82. The fraction of sp³-hybridized carbons (Fsp3) is 0.540. The van der Waals surface area contributed by atoms with Crippen LogP contribution in [-0.4, -0.2) is 130 Å². The molecule has 0 spiro atoms. The van der Waals surface area contributed by atoms with Gasteiger partial charge < -0.3 is 50.8 Å². The Bertz CT molecular complexity index is 2490. The predicted molar refractivity (Wildman–Crippen MR) is 251 cm³/mol. The normalized spacial score (nSPS) is 31.9. The highest BCUT2D eigenvalue weighted by Crippen LogP contribution is 2.72. The number of carboxylic acid groups (broad SMARTS) is 1. The first-order chi connectivity index (χ1) is 33.1. The number of aliphatic hydroxyl groups is 2. The van der Waals surface area contributed by atoms with Gasteiger partial charge in [0.1, 0.15) is 30.6 Å². The molecule has 4 fully saturated rings. The van der Waals surface area contributed by atoms with Crippen LogP contribution in [0.3, 0.4) is 0 Å². The molecule has 70 heavy (non-hydrogen) atoms. The van der Waals surface area contributed by atoms with Gasteiger partial charge in [-0.25, -0.2) is 8.78 Å². The molecule has 378 valence electrons. The zero-order valence-corrected chi connectivity index (χ0v) is 40.5. The number of fused-ring (bicyclic) bond motifs is 7. The minimum Gasteiger partial charge on any atom is -0.495 e. The monoisotopic (exact) mass is 994 g/mol. The van der Waals surface area contributed by atoms with E-state index in [2.05, 4.69) is 21.3 Å². The first kappa shape index (κ1) is 52.3. The number of carbonyl (C=O) groups is 7. The summed E-state index contributed by atoms with van der Waals surface area (Å²) < 4.78 is 52.4. The molecule has 13 atom stereocenters. The number of aliphatic hydroxyl groups excluding tert-OH is 2. The molecule has 5 aliphatic rings. The van der Waals surface area contributed by atoms with Crippen LogP contribution in [0.2, 0.25) is 0 Å². The van der Waals surface area contributed by atoms with E-state index in [0.717, 1.165) is 29.0 Å². The second-order valence-corrected chi connectivity index (χ2v) is 20.4. The first-order valence-corrected chi connectivity index (χ1v) is 24.5. The van der Waals surface area contributed by atoms with E-state index in [9.17, 15) is 43.8 Å². The summed E-state index contributed by atoms with van der Waals surface area (Å²) in [5, 5.41) is 40.6. The van der Waals surface area contributed by atoms with Crippen molar-refractivity contribution in [2.24, 2.45) is 22.7 Å². The molecule has 4 aliphatic carbocycles. The van der Waals surface area contributed by atoms with E-state index in [0.29, 0.717) is 23.4 Å². The SMILES string of the molecule is COc1cc(Cc2ccc([C@@H]3O[C@@H]4C[C@H]5[C@@H]6C[C@H](F)C7=CC(=O)C=C[C@]7(C)[C@@]6(F)[C@@H](O)C[C@]5(C)[C@]4(C(=O)CO)O3)cc2)ccc1NC(=O)[C@H](C)NC(=O)[C@H](C)NC(=O)CCNC(=O)C(CC(=O)O)SC. The zero-order valence-electron chi connectivity index (χ0n) is 39.7. The summed E-state index contributed by atoms with van der Waals surface area (Å²) in [6, 6.07) is 10.4. The molecule has 7 rings (SSSR count). The molecule has 0 radical (unpaired) electrons. The van der Waals surface area contributed by atoms with Crippen LogP contribution in [0.15, 0.2) is 66.3 Å². The molecule has 1 unspecified atom stereocenters. The second kappa shape index (κ2) is 20.3. The van der Waals surface area contributed by atoms with Gasteiger partial charge in [0, 0.05) is 35.3 Å². The molecule has 17 nitrogen and oxygen atoms in total. The highest BCUT2D eigenvalue weighted by atomic mass is 32.2. The number of nitrogens with one attached hydrogen (secondary N) is 4. The Labute approximate surface area is 407 Å². The smallest absolute Gasteiger partial charge is 0.305 e. The third-order valence-corrected chi connectivity index (χ3v) is 16.2. The van der Waals surface area contributed by atoms with Crippen LogP contribution in [0.1, 0.15) is 82.8 Å². The standard InChI is InChI=1S/C50H60F2N4O13S/c1-25(54-41(61)14-16-53-45(66)37(70-6)22-42(62)63)43(64)55-26(2)44(65)56-35-12-9-28(18-36(35)67-5)17-27-7-10-29(11-8-27)46-68-40-21-31-32-20-34(51)33-19-30(58)13-15-47(33,3)49(32,52)38(59)23-48(31,4)50(40,69-46)39(60)24-57/h7-13,15,18-19,25-26,31-32,34,37-38,40,46,57,59H,14,16-17,20-24H2,1-6H3,(H,53,66)(H,54,61)(H,55,64)(H,56,65)(H,62,63)/t25-,26-,31-,32-,34-,37?,38-,40+,46+,47-,48-,49-,50+/m0/s1. The Hall–Kier alpha value is -5.54. The highest BCUT2D eigenvalue weighted by molar-refractivity contribution is 7.99. The number of ketones is 2. The van der Waals surface area contributed by atoms with Crippen LogP contribution in [0.25, 0.3) is 0 Å². The van der Waals surface area contributed by atoms with Gasteiger partial charge in [0.25, 0.3) is 0 Å². The molecule has 3 saturated carbocycles. The van der Waals surface area contributed by atoms with Gasteiger partial charge in [-0.15, -0.1) is 0 Å². The van der Waals surface area contributed by atoms with Gasteiger partial charge in [-0.1, -0.05) is 43.3 Å². The van der Waals surface area contributed by atoms with E-state index in [1.54, 1.807) is 43.5 Å². The van der Waals surface area contributed by atoms with E-state index in [1.807, 2.05) is 12.1 Å². The number of carboxylic acids is 1. The number of amides is 4. The number of aliphatic carboxylic acids is 1. The molecule has 7 N–H and O–H groups in total. The Morgan fingerprint density at radius 2 is 1.64 bits per heavy atom. The lowest BCUT2D eigenvalue weighted by molar-refractivity contribution is -0.235. The Morgan fingerprint density at radius 3 is 2.30 bits per heavy atom. The second-order valence-electron chi connectivity index (χ2n) is 19.3. The maximum absolute atomic E-state index is 17.8. The average molecular weight is 995 g/mol. The molecular formula is C50H60F2N4O13S. The van der Waals surface area contributed by atoms with Crippen molar-refractivity contribution in [1.82, 2.24) is 16.0 Å². The van der Waals surface area contributed by atoms with Gasteiger partial charge in [-0.3, -0.25) is 33.6 Å². The topological polar surface area (TPSA) is 256 Å². The number of benzene rings is 2. The molecule has 2 aromatic rings. The van der Waals surface area contributed by atoms with Crippen molar-refractivity contribution in [2.75, 3.05) is 31.8 Å². The minimum absolute atomic E-state index is 0.00735. The molecular weight excluding hydrogens is 935 g/mol. The van der Waals surface area contributed by atoms with Gasteiger partial charge >= 0.3 is 5.97 Å². The number of methoxy groups -OCH3 is 1. The summed E-state index contributed by atoms with van der Waals surface area (Å²) in [7, 11) is 1.44. The van der Waals surface area contributed by atoms with Crippen LogP contribution in [0, 0.1) is 22.7 Å². The van der Waals surface area contributed by atoms with Crippen LogP contribution >= 0.6 is 11.8 Å². The summed E-state index contributed by atoms with van der Waals surface area (Å²) >= 11 is 1.08. The number of thioether (sulfide) groups is 1. The van der Waals surface area contributed by atoms with Crippen molar-refractivity contribution in [1.29, 1.82) is 0 Å². The van der Waals surface area contributed by atoms with Crippen molar-refractivity contribution >= 4 is 58.6 Å². The first-order valence-electron chi connectivity index (χ1n) is 23.2. The van der Waals surface area contributed by atoms with E-state index < -0.39 is 124 Å². The van der Waals surface area contributed by atoms with Gasteiger partial charge in [0.05, 0.1) is 36.7 Å². The predicted octanol–water partition coefficient (Wildman–Crippen LogP) is 3.59. The maximum Gasteiger partial charge on any atom is 0.305 e. The quantitative estimate of drug-likeness (QED) is 0.113. The number of alkyl halides is 2. The number of ether oxygens (including phenoxy) is 3. The van der Waals surface area contributed by atoms with Crippen molar-refractivity contribution < 1.29 is 71.9 Å². The molecule has 1 aliphatic heterocycles. The molecule has 0 bridgehead atoms. The lowest BCUT2D eigenvalue weighted by atomic mass is 9.44. The Balaban J connectivity index is 0.948. The van der Waals surface area contributed by atoms with Crippen LogP contribution in [-0.2, 0) is 49.5 Å². The highest BCUT2D eigenvalue weighted by Gasteiger charge is 2.80. The van der Waals surface area contributed by atoms with Crippen LogP contribution < -0.4 is 26.0 Å². The summed E-state index contributed by atoms with van der Waals surface area (Å²) in [5.41, 5.74) is -4.43. The van der Waals surface area contributed by atoms with Crippen molar-refractivity contribution in [3.63, 3.8) is 0 Å². The van der Waals surface area contributed by atoms with Gasteiger partial charge in [-0.05, 0) is 99.6 Å². The number of Topliss-reactive ketones (excluding diaryl/α,β-unsaturated/α-hetero) is 1. The molecule has 4 amide bonds. The lowest BCUT2D eigenvalue weighted by Crippen LogP contribution is -2.70. The number of hydrogen-bond acceptors (Lipinski definition) is 13. The third-order valence-electron chi connectivity index (χ3n) is 15.2. The van der Waals surface area contributed by atoms with Crippen molar-refractivity contribution in [3.8, 4) is 5.75 Å². The lowest BCUT2D eigenvalue weighted by Gasteiger charge is -2.63. The molecule has 1 saturated heterocycles. The van der Waals surface area contributed by atoms with Gasteiger partial charge in [0.2, 0.25) is 23.6 Å². The molecule has 2 aromatic carbocycles. The van der Waals surface area contributed by atoms with E-state index in [4.69, 9.17) is 19.3 Å². The van der Waals surface area contributed by atoms with E-state index in [1.165, 1.54) is 40.0 Å². The number of hydrogen-bond donors (Lipinski definition) is 7. The number of carbonyl (C=O) groups excluding carboxylic acids is 6. The van der Waals surface area contributed by atoms with Crippen LogP contribution in [0.5, 0.6) is 5.75 Å². The number of allylic oxidation sites excluding steroid dienone is 4. The van der Waals surface area contributed by atoms with E-state index >= 15 is 8.78 Å². The minimum atomic E-state index is -2.36. The van der Waals surface area contributed by atoms with Gasteiger partial charge in [0.15, 0.2) is 29.1 Å². The van der Waals surface area contributed by atoms with Crippen LogP contribution in [0.4, 0.5) is 14.5 Å². The summed E-state index contributed by atoms with van der Waals surface area (Å²) in [6.07, 6.45) is -0.587. The zero-order chi connectivity index (χ0) is 51.1. The summed E-state index contributed by atoms with van der Waals surface area (Å²) in [4.78, 5) is 87.8. The number of halogens is 2. The van der Waals surface area contributed by atoms with Crippen molar-refractivity contribution in [2.45, 2.75) is 119 Å². The Kier molecular flexibility index (Phi) is 15.2. The van der Waals surface area contributed by atoms with E-state index in [-0.39, 0.29) is 44.2 Å². The number of anilines is 1. The summed E-state index contributed by atoms with van der Waals surface area (Å²) in [6.45, 7) is 5.17. The molecule has 20 heteroatoms. The fourth-order valence-electron chi connectivity index (χ4n) is 11.6. The molecule has 0 aromatic heterocycles. The largest absolute Gasteiger partial charge is 0.495 e. The van der Waals surface area contributed by atoms with Crippen molar-refractivity contribution in [3.05, 3.63) is 83.0 Å². The third kappa shape index (κ3) is 9.28. The number of rotatable bonds is 18. The molecule has 1 heterocycles.